The number of nitrogens with zero attached hydrogens (tertiary/aromatic N) is 1. The molecule has 0 aliphatic heterocycles. The summed E-state index contributed by atoms with van der Waals surface area (Å²) in [5, 5.41) is 1.62. The van der Waals surface area contributed by atoms with E-state index < -0.39 is 0 Å². The van der Waals surface area contributed by atoms with Crippen LogP contribution in [0, 0.1) is 0 Å². The average molecular weight is 361 g/mol. The Hall–Kier alpha value is -1.71. The van der Waals surface area contributed by atoms with Crippen LogP contribution in [0.5, 0.6) is 0 Å². The van der Waals surface area contributed by atoms with Gasteiger partial charge in [-0.3, -0.25) is 9.78 Å². The van der Waals surface area contributed by atoms with Crippen molar-refractivity contribution >= 4 is 44.2 Å². The first kappa shape index (κ1) is 14.2. The summed E-state index contributed by atoms with van der Waals surface area (Å²) in [4.78, 5) is 16.9. The first-order valence-electron chi connectivity index (χ1n) is 6.46. The molecule has 0 atom stereocenters. The van der Waals surface area contributed by atoms with E-state index in [-0.39, 0.29) is 12.2 Å². The molecule has 0 aliphatic carbocycles. The van der Waals surface area contributed by atoms with Gasteiger partial charge in [0.25, 0.3) is 0 Å². The maximum absolute atomic E-state index is 12.4. The lowest BCUT2D eigenvalue weighted by atomic mass is 10.1. The minimum absolute atomic E-state index is 0.00726. The Kier molecular flexibility index (Phi) is 4.04. The number of carbonyl (C=O) groups is 1. The number of pyridine rings is 1. The molecule has 3 aromatic rings. The summed E-state index contributed by atoms with van der Waals surface area (Å²) < 4.78 is 0.748. The topological polar surface area (TPSA) is 30.0 Å². The fraction of sp³-hybridized carbons (Fsp3) is 0.0588. The number of fused-ring (bicyclic) bond motifs is 1. The number of carbonyl (C=O) groups excluding carboxylic acids is 1. The molecule has 1 aromatic heterocycles. The smallest absolute Gasteiger partial charge is 0.169 e. The highest BCUT2D eigenvalue weighted by molar-refractivity contribution is 9.10. The van der Waals surface area contributed by atoms with Crippen molar-refractivity contribution in [1.29, 1.82) is 0 Å². The minimum atomic E-state index is -0.00726. The van der Waals surface area contributed by atoms with Crippen molar-refractivity contribution in [2.24, 2.45) is 0 Å². The van der Waals surface area contributed by atoms with Gasteiger partial charge in [-0.15, -0.1) is 0 Å². The van der Waals surface area contributed by atoms with Gasteiger partial charge in [0.15, 0.2) is 5.78 Å². The summed E-state index contributed by atoms with van der Waals surface area (Å²) in [5.41, 5.74) is 2.23. The normalized spacial score (nSPS) is 10.8. The van der Waals surface area contributed by atoms with Crippen LogP contribution in [0.4, 0.5) is 0 Å². The Morgan fingerprint density at radius 1 is 1.10 bits per heavy atom. The number of benzene rings is 2. The zero-order chi connectivity index (χ0) is 14.8. The lowest BCUT2D eigenvalue weighted by molar-refractivity contribution is 0.0991. The van der Waals surface area contributed by atoms with Gasteiger partial charge in [0.05, 0.1) is 11.9 Å². The molecule has 2 nitrogen and oxygen atoms in total. The molecule has 104 valence electrons. The van der Waals surface area contributed by atoms with Gasteiger partial charge in [-0.05, 0) is 30.3 Å². The third kappa shape index (κ3) is 3.14. The molecule has 0 saturated heterocycles. The third-order valence-corrected chi connectivity index (χ3v) is 4.15. The predicted octanol–water partition coefficient (Wildman–Crippen LogP) is 5.08. The molecule has 0 unspecified atom stereocenters. The second-order valence-electron chi connectivity index (χ2n) is 4.72. The van der Waals surface area contributed by atoms with Gasteiger partial charge in [-0.2, -0.15) is 0 Å². The molecule has 21 heavy (non-hydrogen) atoms. The fourth-order valence-electron chi connectivity index (χ4n) is 2.18. The maximum atomic E-state index is 12.4. The van der Waals surface area contributed by atoms with Crippen LogP contribution in [0.2, 0.25) is 5.02 Å². The highest BCUT2D eigenvalue weighted by Gasteiger charge is 2.12. The summed E-state index contributed by atoms with van der Waals surface area (Å²) in [5.74, 6) is -0.00726. The van der Waals surface area contributed by atoms with E-state index in [1.165, 1.54) is 0 Å². The summed E-state index contributed by atoms with van der Waals surface area (Å²) in [6.07, 6.45) is 0.254. The van der Waals surface area contributed by atoms with Crippen LogP contribution in [0.25, 0.3) is 10.9 Å². The zero-order valence-corrected chi connectivity index (χ0v) is 13.4. The van der Waals surface area contributed by atoms with Gasteiger partial charge in [-0.1, -0.05) is 51.8 Å². The largest absolute Gasteiger partial charge is 0.294 e. The standard InChI is InChI=1S/C17H11BrClNO/c18-15-8-6-12(19)9-14(15)17(21)10-13-7-5-11-3-1-2-4-16(11)20-13/h1-9H,10H2. The third-order valence-electron chi connectivity index (χ3n) is 3.23. The van der Waals surface area contributed by atoms with Crippen molar-refractivity contribution in [2.75, 3.05) is 0 Å². The van der Waals surface area contributed by atoms with Gasteiger partial charge < -0.3 is 0 Å². The maximum Gasteiger partial charge on any atom is 0.169 e. The molecule has 0 radical (unpaired) electrons. The van der Waals surface area contributed by atoms with Crippen LogP contribution in [-0.2, 0) is 6.42 Å². The molecule has 0 bridgehead atoms. The predicted molar refractivity (Wildman–Crippen MR) is 88.9 cm³/mol. The van der Waals surface area contributed by atoms with Crippen LogP contribution < -0.4 is 0 Å². The number of para-hydroxylation sites is 1. The molecule has 3 rings (SSSR count). The lowest BCUT2D eigenvalue weighted by Crippen LogP contribution is -2.06. The highest BCUT2D eigenvalue weighted by Crippen LogP contribution is 2.23. The van der Waals surface area contributed by atoms with Crippen molar-refractivity contribution in [2.45, 2.75) is 6.42 Å². The number of halogens is 2. The molecular formula is C17H11BrClNO. The van der Waals surface area contributed by atoms with Crippen molar-refractivity contribution in [3.63, 3.8) is 0 Å². The number of hydrogen-bond donors (Lipinski definition) is 0. The molecule has 0 fully saturated rings. The van der Waals surface area contributed by atoms with Crippen LogP contribution >= 0.6 is 27.5 Å². The molecule has 0 amide bonds. The Morgan fingerprint density at radius 3 is 2.76 bits per heavy atom. The highest BCUT2D eigenvalue weighted by atomic mass is 79.9. The van der Waals surface area contributed by atoms with Crippen molar-refractivity contribution in [1.82, 2.24) is 4.98 Å². The van der Waals surface area contributed by atoms with E-state index in [0.717, 1.165) is 21.1 Å². The lowest BCUT2D eigenvalue weighted by Gasteiger charge is -2.05. The van der Waals surface area contributed by atoms with Crippen LogP contribution in [0.15, 0.2) is 59.1 Å². The quantitative estimate of drug-likeness (QED) is 0.610. The van der Waals surface area contributed by atoms with Crippen LogP contribution in [-0.4, -0.2) is 10.8 Å². The van der Waals surface area contributed by atoms with Crippen molar-refractivity contribution in [3.05, 3.63) is 75.4 Å². The molecule has 2 aromatic carbocycles. The van der Waals surface area contributed by atoms with Gasteiger partial charge >= 0.3 is 0 Å². The van der Waals surface area contributed by atoms with Crippen molar-refractivity contribution < 1.29 is 4.79 Å². The van der Waals surface area contributed by atoms with E-state index in [1.807, 2.05) is 36.4 Å². The molecule has 4 heteroatoms. The second kappa shape index (κ2) is 5.96. The minimum Gasteiger partial charge on any atom is -0.294 e. The summed E-state index contributed by atoms with van der Waals surface area (Å²) in [7, 11) is 0. The number of rotatable bonds is 3. The van der Waals surface area contributed by atoms with E-state index in [9.17, 15) is 4.79 Å². The Bertz CT molecular complexity index is 832. The average Bonchev–Trinajstić information content (AvgIpc) is 2.49. The molecule has 0 saturated carbocycles. The molecule has 0 spiro atoms. The first-order chi connectivity index (χ1) is 10.1. The molecular weight excluding hydrogens is 350 g/mol. The van der Waals surface area contributed by atoms with Crippen LogP contribution in [0.1, 0.15) is 16.1 Å². The molecule has 0 aliphatic rings. The van der Waals surface area contributed by atoms with E-state index in [0.29, 0.717) is 10.6 Å². The first-order valence-corrected chi connectivity index (χ1v) is 7.63. The number of hydrogen-bond acceptors (Lipinski definition) is 2. The van der Waals surface area contributed by atoms with Crippen molar-refractivity contribution in [3.8, 4) is 0 Å². The Morgan fingerprint density at radius 2 is 1.90 bits per heavy atom. The van der Waals surface area contributed by atoms with E-state index in [1.54, 1.807) is 18.2 Å². The van der Waals surface area contributed by atoms with Gasteiger partial charge in [-0.25, -0.2) is 0 Å². The molecule has 1 heterocycles. The van der Waals surface area contributed by atoms with E-state index in [4.69, 9.17) is 11.6 Å². The number of Topliss-reactive ketones (excluding diaryl/α,β-unsaturated/α-hetero) is 1. The number of ketones is 1. The monoisotopic (exact) mass is 359 g/mol. The summed E-state index contributed by atoms with van der Waals surface area (Å²) in [6, 6.07) is 16.9. The Balaban J connectivity index is 1.90. The van der Waals surface area contributed by atoms with Gasteiger partial charge in [0, 0.05) is 26.1 Å². The number of aromatic nitrogens is 1. The van der Waals surface area contributed by atoms with E-state index >= 15 is 0 Å². The summed E-state index contributed by atoms with van der Waals surface area (Å²) in [6.45, 7) is 0. The zero-order valence-electron chi connectivity index (χ0n) is 11.0. The van der Waals surface area contributed by atoms with E-state index in [2.05, 4.69) is 20.9 Å². The molecule has 0 N–H and O–H groups in total. The van der Waals surface area contributed by atoms with Gasteiger partial charge in [0.2, 0.25) is 0 Å². The van der Waals surface area contributed by atoms with Crippen LogP contribution in [0.3, 0.4) is 0 Å². The SMILES string of the molecule is O=C(Cc1ccc2ccccc2n1)c1cc(Cl)ccc1Br. The summed E-state index contributed by atoms with van der Waals surface area (Å²) >= 11 is 9.34. The Labute approximate surface area is 135 Å². The fourth-order valence-corrected chi connectivity index (χ4v) is 2.82. The van der Waals surface area contributed by atoms with Gasteiger partial charge in [0.1, 0.15) is 0 Å². The second-order valence-corrected chi connectivity index (χ2v) is 6.01.